The first-order valence-corrected chi connectivity index (χ1v) is 12.8. The zero-order chi connectivity index (χ0) is 25.2. The summed E-state index contributed by atoms with van der Waals surface area (Å²) in [6.45, 7) is 1.45. The van der Waals surface area contributed by atoms with Crippen LogP contribution in [0.1, 0.15) is 15.9 Å². The van der Waals surface area contributed by atoms with Gasteiger partial charge in [0.05, 0.1) is 23.3 Å². The van der Waals surface area contributed by atoms with Gasteiger partial charge in [-0.1, -0.05) is 24.3 Å². The monoisotopic (exact) mass is 494 g/mol. The zero-order valence-corrected chi connectivity index (χ0v) is 20.5. The molecule has 0 saturated heterocycles. The number of nitrogens with zero attached hydrogens (tertiary/aromatic N) is 4. The predicted molar refractivity (Wildman–Crippen MR) is 133 cm³/mol. The van der Waals surface area contributed by atoms with Crippen molar-refractivity contribution in [3.63, 3.8) is 0 Å². The summed E-state index contributed by atoms with van der Waals surface area (Å²) >= 11 is 0. The highest BCUT2D eigenvalue weighted by Crippen LogP contribution is 2.20. The summed E-state index contributed by atoms with van der Waals surface area (Å²) in [5.41, 5.74) is 2.77. The Balaban J connectivity index is 1.62. The molecule has 2 heterocycles. The molecule has 0 radical (unpaired) electrons. The first kappa shape index (κ1) is 24.3. The van der Waals surface area contributed by atoms with Crippen molar-refractivity contribution >= 4 is 27.0 Å². The quantitative estimate of drug-likeness (QED) is 0.380. The number of aromatic nitrogens is 4. The minimum absolute atomic E-state index is 0.182. The van der Waals surface area contributed by atoms with E-state index < -0.39 is 9.84 Å². The lowest BCUT2D eigenvalue weighted by molar-refractivity contribution is 0.0951. The molecule has 4 aromatic rings. The number of likely N-dealkylation sites (N-methyl/N-ethyl adjacent to an activating group) is 1. The Morgan fingerprint density at radius 2 is 1.89 bits per heavy atom. The standard InChI is InChI=1S/C24H26N6O4S/c1-29(2)12-11-25-23(31)18-6-4-5-17(13-18)20-14-26-21-22(27-20)30(24(32)28-21)15-16-7-9-19(10-8-16)35(3,33)34/h4-10,13-14H,11-12,15H2,1-3H3,(H,25,31)(H,26,28,32). The SMILES string of the molecule is CN(C)CCNC(=O)c1cccc(-c2cnc3[nH]c(=O)n(Cc4ccc(S(C)(=O)=O)cc4)c3n2)c1. The van der Waals surface area contributed by atoms with Crippen molar-refractivity contribution in [2.24, 2.45) is 0 Å². The third kappa shape index (κ3) is 5.64. The van der Waals surface area contributed by atoms with Gasteiger partial charge >= 0.3 is 5.69 Å². The molecule has 11 heteroatoms. The number of rotatable bonds is 8. The first-order valence-electron chi connectivity index (χ1n) is 10.9. The van der Waals surface area contributed by atoms with Crippen molar-refractivity contribution in [1.82, 2.24) is 29.7 Å². The van der Waals surface area contributed by atoms with E-state index in [1.807, 2.05) is 25.1 Å². The Labute approximate surface area is 202 Å². The maximum atomic E-state index is 12.6. The summed E-state index contributed by atoms with van der Waals surface area (Å²) in [6, 6.07) is 13.4. The van der Waals surface area contributed by atoms with Gasteiger partial charge in [-0.2, -0.15) is 0 Å². The minimum Gasteiger partial charge on any atom is -0.351 e. The van der Waals surface area contributed by atoms with Crippen LogP contribution in [0.3, 0.4) is 0 Å². The molecule has 0 spiro atoms. The lowest BCUT2D eigenvalue weighted by atomic mass is 10.1. The van der Waals surface area contributed by atoms with Crippen molar-refractivity contribution in [1.29, 1.82) is 0 Å². The van der Waals surface area contributed by atoms with Crippen molar-refractivity contribution in [3.8, 4) is 11.3 Å². The van der Waals surface area contributed by atoms with E-state index in [2.05, 4.69) is 20.3 Å². The van der Waals surface area contributed by atoms with E-state index in [1.54, 1.807) is 36.5 Å². The molecule has 1 amide bonds. The van der Waals surface area contributed by atoms with Gasteiger partial charge in [-0.25, -0.2) is 23.2 Å². The maximum absolute atomic E-state index is 12.6. The highest BCUT2D eigenvalue weighted by Gasteiger charge is 2.14. The van der Waals surface area contributed by atoms with E-state index in [9.17, 15) is 18.0 Å². The number of nitrogens with one attached hydrogen (secondary N) is 2. The van der Waals surface area contributed by atoms with E-state index in [1.165, 1.54) is 16.7 Å². The smallest absolute Gasteiger partial charge is 0.329 e. The molecule has 4 rings (SSSR count). The lowest BCUT2D eigenvalue weighted by Gasteiger charge is -2.11. The fraction of sp³-hybridized carbons (Fsp3) is 0.250. The molecule has 10 nitrogen and oxygen atoms in total. The van der Waals surface area contributed by atoms with E-state index in [0.717, 1.165) is 18.4 Å². The van der Waals surface area contributed by atoms with E-state index in [-0.39, 0.29) is 23.0 Å². The van der Waals surface area contributed by atoms with Gasteiger partial charge in [0.15, 0.2) is 21.1 Å². The summed E-state index contributed by atoms with van der Waals surface area (Å²) in [4.78, 5) is 39.0. The van der Waals surface area contributed by atoms with Gasteiger partial charge in [-0.05, 0) is 43.9 Å². The van der Waals surface area contributed by atoms with Gasteiger partial charge in [0.2, 0.25) is 0 Å². The predicted octanol–water partition coefficient (Wildman–Crippen LogP) is 1.53. The fourth-order valence-electron chi connectivity index (χ4n) is 3.55. The fourth-order valence-corrected chi connectivity index (χ4v) is 4.18. The molecule has 182 valence electrons. The largest absolute Gasteiger partial charge is 0.351 e. The number of imidazole rings is 1. The van der Waals surface area contributed by atoms with Gasteiger partial charge < -0.3 is 10.2 Å². The molecule has 35 heavy (non-hydrogen) atoms. The van der Waals surface area contributed by atoms with Crippen LogP contribution in [0.5, 0.6) is 0 Å². The average Bonchev–Trinajstić information content (AvgIpc) is 3.13. The van der Waals surface area contributed by atoms with Crippen LogP contribution in [-0.4, -0.2) is 72.2 Å². The van der Waals surface area contributed by atoms with Crippen LogP contribution < -0.4 is 11.0 Å². The van der Waals surface area contributed by atoms with E-state index in [4.69, 9.17) is 0 Å². The number of sulfone groups is 1. The van der Waals surface area contributed by atoms with Gasteiger partial charge in [-0.15, -0.1) is 0 Å². The molecule has 0 unspecified atom stereocenters. The van der Waals surface area contributed by atoms with Crippen LogP contribution in [0.4, 0.5) is 0 Å². The molecular weight excluding hydrogens is 468 g/mol. The summed E-state index contributed by atoms with van der Waals surface area (Å²) in [6.07, 6.45) is 2.69. The molecule has 0 fully saturated rings. The van der Waals surface area contributed by atoms with Crippen LogP contribution in [0.2, 0.25) is 0 Å². The number of benzene rings is 2. The van der Waals surface area contributed by atoms with Crippen molar-refractivity contribution < 1.29 is 13.2 Å². The number of carbonyl (C=O) groups is 1. The van der Waals surface area contributed by atoms with Gasteiger partial charge in [0, 0.05) is 30.5 Å². The molecule has 0 aliphatic rings. The molecule has 0 aliphatic heterocycles. The highest BCUT2D eigenvalue weighted by molar-refractivity contribution is 7.90. The Bertz CT molecular complexity index is 1540. The lowest BCUT2D eigenvalue weighted by Crippen LogP contribution is -2.31. The number of H-pyrrole nitrogens is 1. The van der Waals surface area contributed by atoms with Crippen LogP contribution in [0.25, 0.3) is 22.6 Å². The van der Waals surface area contributed by atoms with E-state index >= 15 is 0 Å². The van der Waals surface area contributed by atoms with Gasteiger partial charge in [0.1, 0.15) is 0 Å². The second-order valence-corrected chi connectivity index (χ2v) is 10.5. The van der Waals surface area contributed by atoms with Crippen LogP contribution in [-0.2, 0) is 16.4 Å². The van der Waals surface area contributed by atoms with Crippen molar-refractivity contribution in [3.05, 3.63) is 76.3 Å². The number of hydrogen-bond donors (Lipinski definition) is 2. The summed E-state index contributed by atoms with van der Waals surface area (Å²) in [7, 11) is 0.567. The van der Waals surface area contributed by atoms with Crippen LogP contribution >= 0.6 is 0 Å². The number of carbonyl (C=O) groups excluding carboxylic acids is 1. The van der Waals surface area contributed by atoms with Gasteiger partial charge in [-0.3, -0.25) is 14.3 Å². The Morgan fingerprint density at radius 1 is 1.14 bits per heavy atom. The number of fused-ring (bicyclic) bond motifs is 1. The normalized spacial score (nSPS) is 11.8. The Kier molecular flexibility index (Phi) is 6.81. The van der Waals surface area contributed by atoms with Crippen molar-refractivity contribution in [2.75, 3.05) is 33.4 Å². The molecule has 2 aromatic heterocycles. The number of aromatic amines is 1. The molecular formula is C24H26N6O4S. The number of amides is 1. The van der Waals surface area contributed by atoms with Gasteiger partial charge in [0.25, 0.3) is 5.91 Å². The molecule has 2 N–H and O–H groups in total. The molecule has 0 aliphatic carbocycles. The summed E-state index contributed by atoms with van der Waals surface area (Å²) in [5, 5.41) is 2.89. The van der Waals surface area contributed by atoms with Crippen LogP contribution in [0, 0.1) is 0 Å². The maximum Gasteiger partial charge on any atom is 0.329 e. The van der Waals surface area contributed by atoms with Crippen LogP contribution in [0.15, 0.2) is 64.4 Å². The highest BCUT2D eigenvalue weighted by atomic mass is 32.2. The zero-order valence-electron chi connectivity index (χ0n) is 19.6. The van der Waals surface area contributed by atoms with E-state index in [0.29, 0.717) is 34.7 Å². The molecule has 0 saturated carbocycles. The first-order chi connectivity index (χ1) is 16.6. The second-order valence-electron chi connectivity index (χ2n) is 8.50. The Morgan fingerprint density at radius 3 is 2.57 bits per heavy atom. The third-order valence-electron chi connectivity index (χ3n) is 5.44. The second kappa shape index (κ2) is 9.80. The minimum atomic E-state index is -3.31. The molecule has 2 aromatic carbocycles. The Hall–Kier alpha value is -3.83. The summed E-state index contributed by atoms with van der Waals surface area (Å²) < 4.78 is 24.8. The van der Waals surface area contributed by atoms with Crippen molar-refractivity contribution in [2.45, 2.75) is 11.4 Å². The average molecular weight is 495 g/mol. The molecule has 0 atom stereocenters. The summed E-state index contributed by atoms with van der Waals surface area (Å²) in [5.74, 6) is -0.182. The third-order valence-corrected chi connectivity index (χ3v) is 6.57. The number of hydrogen-bond acceptors (Lipinski definition) is 7. The topological polar surface area (TPSA) is 130 Å². The molecule has 0 bridgehead atoms.